The molecule has 3 aliphatic rings. The molecule has 1 aromatic rings. The third-order valence-electron chi connectivity index (χ3n) is 6.05. The van der Waals surface area contributed by atoms with E-state index in [0.29, 0.717) is 29.1 Å². The highest BCUT2D eigenvalue weighted by atomic mass is 16.6. The number of aryl methyl sites for hydroxylation is 1. The molecular weight excluding hydrogens is 460 g/mol. The molecule has 1 saturated heterocycles. The van der Waals surface area contributed by atoms with Crippen molar-refractivity contribution in [2.45, 2.75) is 46.1 Å². The number of rotatable bonds is 5. The van der Waals surface area contributed by atoms with E-state index in [1.54, 1.807) is 18.4 Å². The predicted molar refractivity (Wildman–Crippen MR) is 138 cm³/mol. The number of aldehydes is 1. The predicted octanol–water partition coefficient (Wildman–Crippen LogP) is 2.74. The number of nitrogens with zero attached hydrogens (tertiary/aromatic N) is 2. The summed E-state index contributed by atoms with van der Waals surface area (Å²) in [4.78, 5) is 43.2. The number of ether oxygens (including phenoxy) is 2. The van der Waals surface area contributed by atoms with Crippen molar-refractivity contribution in [3.05, 3.63) is 58.7 Å². The van der Waals surface area contributed by atoms with E-state index in [1.165, 1.54) is 0 Å². The summed E-state index contributed by atoms with van der Waals surface area (Å²) in [5.41, 5.74) is 2.61. The molecule has 1 aromatic heterocycles. The second-order valence-electron chi connectivity index (χ2n) is 9.96. The van der Waals surface area contributed by atoms with Crippen molar-refractivity contribution in [1.29, 1.82) is 0 Å². The molecule has 2 N–H and O–H groups in total. The molecule has 0 aromatic carbocycles. The molecule has 3 aliphatic heterocycles. The Bertz CT molecular complexity index is 1030. The fourth-order valence-electron chi connectivity index (χ4n) is 4.22. The molecule has 0 radical (unpaired) electrons. The SMILES string of the molecule is Cc1c(C(=O)OC(C)(C)C)[nH]c2c1C(=O)N(CCN1CCOCC1)CCC2.O=CC1=CC=CC=CN1. The standard InChI is InChI=1S/C20H31N3O4.C7H7NO/c1-14-16-15(21-17(14)19(25)27-20(2,3)4)6-5-7-23(18(16)24)9-8-22-10-12-26-13-11-22;9-6-7-4-2-1-3-5-8-7/h21H,5-13H2,1-4H3;1-6,8H. The van der Waals surface area contributed by atoms with Crippen LogP contribution in [0.1, 0.15) is 59.3 Å². The molecule has 36 heavy (non-hydrogen) atoms. The Kier molecular flexibility index (Phi) is 9.66. The van der Waals surface area contributed by atoms with Crippen molar-refractivity contribution >= 4 is 18.2 Å². The molecule has 4 rings (SSSR count). The summed E-state index contributed by atoms with van der Waals surface area (Å²) in [7, 11) is 0. The lowest BCUT2D eigenvalue weighted by atomic mass is 10.1. The van der Waals surface area contributed by atoms with Crippen molar-refractivity contribution in [2.24, 2.45) is 0 Å². The quantitative estimate of drug-likeness (QED) is 0.475. The monoisotopic (exact) mass is 498 g/mol. The van der Waals surface area contributed by atoms with Crippen LogP contribution in [-0.4, -0.2) is 84.5 Å². The zero-order chi connectivity index (χ0) is 26.1. The van der Waals surface area contributed by atoms with E-state index >= 15 is 0 Å². The summed E-state index contributed by atoms with van der Waals surface area (Å²) in [6.07, 6.45) is 11.3. The number of amides is 1. The number of hydrogen-bond acceptors (Lipinski definition) is 7. The second kappa shape index (κ2) is 12.7. The van der Waals surface area contributed by atoms with Gasteiger partial charge in [0, 0.05) is 44.6 Å². The minimum Gasteiger partial charge on any atom is -0.455 e. The average Bonchev–Trinajstić information content (AvgIpc) is 3.00. The van der Waals surface area contributed by atoms with Gasteiger partial charge in [-0.3, -0.25) is 14.5 Å². The first kappa shape index (κ1) is 27.4. The third-order valence-corrected chi connectivity index (χ3v) is 6.05. The highest BCUT2D eigenvalue weighted by Crippen LogP contribution is 2.26. The second-order valence-corrected chi connectivity index (χ2v) is 9.96. The van der Waals surface area contributed by atoms with Crippen molar-refractivity contribution in [2.75, 3.05) is 45.9 Å². The van der Waals surface area contributed by atoms with Crippen LogP contribution in [0.4, 0.5) is 0 Å². The molecule has 0 saturated carbocycles. The zero-order valence-electron chi connectivity index (χ0n) is 21.8. The first-order chi connectivity index (χ1) is 17.2. The molecular formula is C27H38N4O5. The van der Waals surface area contributed by atoms with Gasteiger partial charge < -0.3 is 24.7 Å². The summed E-state index contributed by atoms with van der Waals surface area (Å²) in [6, 6.07) is 0. The molecule has 9 nitrogen and oxygen atoms in total. The van der Waals surface area contributed by atoms with Gasteiger partial charge in [-0.05, 0) is 58.3 Å². The fourth-order valence-corrected chi connectivity index (χ4v) is 4.22. The zero-order valence-corrected chi connectivity index (χ0v) is 21.8. The van der Waals surface area contributed by atoms with Crippen molar-refractivity contribution < 1.29 is 23.9 Å². The number of nitrogens with one attached hydrogen (secondary N) is 2. The number of carbonyl (C=O) groups is 3. The molecule has 1 amide bonds. The summed E-state index contributed by atoms with van der Waals surface area (Å²) >= 11 is 0. The van der Waals surface area contributed by atoms with Gasteiger partial charge in [-0.1, -0.05) is 12.2 Å². The number of allylic oxidation sites excluding steroid dienone is 5. The van der Waals surface area contributed by atoms with E-state index in [9.17, 15) is 14.4 Å². The van der Waals surface area contributed by atoms with Crippen molar-refractivity contribution in [3.8, 4) is 0 Å². The van der Waals surface area contributed by atoms with Gasteiger partial charge >= 0.3 is 5.97 Å². The van der Waals surface area contributed by atoms with E-state index < -0.39 is 11.6 Å². The van der Waals surface area contributed by atoms with Gasteiger partial charge in [0.15, 0.2) is 6.29 Å². The van der Waals surface area contributed by atoms with Crippen LogP contribution in [-0.2, 0) is 20.7 Å². The van der Waals surface area contributed by atoms with E-state index in [-0.39, 0.29) is 5.91 Å². The topological polar surface area (TPSA) is 104 Å². The van der Waals surface area contributed by atoms with Crippen molar-refractivity contribution in [1.82, 2.24) is 20.1 Å². The summed E-state index contributed by atoms with van der Waals surface area (Å²) in [5, 5.41) is 2.78. The largest absolute Gasteiger partial charge is 0.455 e. The smallest absolute Gasteiger partial charge is 0.355 e. The summed E-state index contributed by atoms with van der Waals surface area (Å²) in [6.45, 7) is 13.0. The molecule has 196 valence electrons. The van der Waals surface area contributed by atoms with Gasteiger partial charge in [0.1, 0.15) is 11.3 Å². The summed E-state index contributed by atoms with van der Waals surface area (Å²) < 4.78 is 10.9. The lowest BCUT2D eigenvalue weighted by Crippen LogP contribution is -2.43. The number of H-pyrrole nitrogens is 1. The van der Waals surface area contributed by atoms with Crippen LogP contribution in [0, 0.1) is 6.92 Å². The number of aromatic amines is 1. The van der Waals surface area contributed by atoms with Gasteiger partial charge in [-0.2, -0.15) is 0 Å². The molecule has 0 spiro atoms. The van der Waals surface area contributed by atoms with Crippen LogP contribution < -0.4 is 5.32 Å². The number of aromatic nitrogens is 1. The molecule has 1 fully saturated rings. The fraction of sp³-hybridized carbons (Fsp3) is 0.519. The molecule has 0 aliphatic carbocycles. The minimum atomic E-state index is -0.569. The highest BCUT2D eigenvalue weighted by molar-refractivity contribution is 6.01. The lowest BCUT2D eigenvalue weighted by molar-refractivity contribution is -0.105. The Balaban J connectivity index is 0.000000338. The van der Waals surface area contributed by atoms with E-state index in [1.807, 2.05) is 44.7 Å². The van der Waals surface area contributed by atoms with Crippen LogP contribution in [0.2, 0.25) is 0 Å². The minimum absolute atomic E-state index is 0.0133. The molecule has 0 bridgehead atoms. The van der Waals surface area contributed by atoms with Gasteiger partial charge in [-0.25, -0.2) is 4.79 Å². The lowest BCUT2D eigenvalue weighted by Gasteiger charge is -2.29. The maximum atomic E-state index is 13.2. The van der Waals surface area contributed by atoms with Gasteiger partial charge in [0.2, 0.25) is 0 Å². The van der Waals surface area contributed by atoms with E-state index in [2.05, 4.69) is 15.2 Å². The summed E-state index contributed by atoms with van der Waals surface area (Å²) in [5.74, 6) is -0.389. The van der Waals surface area contributed by atoms with Crippen LogP contribution in [0.5, 0.6) is 0 Å². The van der Waals surface area contributed by atoms with Crippen LogP contribution in [0.25, 0.3) is 0 Å². The first-order valence-electron chi connectivity index (χ1n) is 12.5. The number of morpholine rings is 1. The molecule has 0 unspecified atom stereocenters. The Labute approximate surface area is 213 Å². The molecule has 0 atom stereocenters. The van der Waals surface area contributed by atoms with E-state index in [4.69, 9.17) is 9.47 Å². The number of hydrogen-bond donors (Lipinski definition) is 2. The first-order valence-corrected chi connectivity index (χ1v) is 12.5. The maximum absolute atomic E-state index is 13.2. The number of esters is 1. The Hall–Kier alpha value is -3.17. The van der Waals surface area contributed by atoms with Crippen LogP contribution in [0.3, 0.4) is 0 Å². The molecule has 9 heteroatoms. The average molecular weight is 499 g/mol. The van der Waals surface area contributed by atoms with Crippen molar-refractivity contribution in [3.63, 3.8) is 0 Å². The Morgan fingerprint density at radius 1 is 1.14 bits per heavy atom. The van der Waals surface area contributed by atoms with Crippen LogP contribution in [0.15, 0.2) is 36.2 Å². The molecule has 4 heterocycles. The van der Waals surface area contributed by atoms with E-state index in [0.717, 1.165) is 64.2 Å². The number of fused-ring (bicyclic) bond motifs is 1. The number of carbonyl (C=O) groups excluding carboxylic acids is 3. The van der Waals surface area contributed by atoms with Gasteiger partial charge in [0.25, 0.3) is 5.91 Å². The van der Waals surface area contributed by atoms with Gasteiger partial charge in [-0.15, -0.1) is 0 Å². The maximum Gasteiger partial charge on any atom is 0.355 e. The Morgan fingerprint density at radius 3 is 2.58 bits per heavy atom. The Morgan fingerprint density at radius 2 is 1.89 bits per heavy atom. The highest BCUT2D eigenvalue weighted by Gasteiger charge is 2.31. The normalized spacial score (nSPS) is 18.2. The third kappa shape index (κ3) is 7.66. The van der Waals surface area contributed by atoms with Gasteiger partial charge in [0.05, 0.1) is 24.5 Å². The van der Waals surface area contributed by atoms with Crippen LogP contribution >= 0.6 is 0 Å².